The number of urea groups is 1. The summed E-state index contributed by atoms with van der Waals surface area (Å²) < 4.78 is 0. The fourth-order valence-corrected chi connectivity index (χ4v) is 5.82. The zero-order chi connectivity index (χ0) is 29.9. The number of rotatable bonds is 8. The van der Waals surface area contributed by atoms with Crippen LogP contribution in [0.4, 0.5) is 4.79 Å². The number of aromatic amines is 1. The standard InChI is InChI=1S/C31H32N8O4.CH4/c1-2-14-37-20-28(41)38-26(15-21-9-11-25(40)12-10-21)30(42)36(18-23-7-5-6-22-16-34-35-29(22)23)19-27(38)39(37)31(43)33-17-24-8-3-4-13-32-24;/h2-13,16,26-27,40H,1,14-15,17-20H2,(H,33,43)(H,34,35);1H4/t26-,27-;/m0./s1. The molecule has 44 heavy (non-hydrogen) atoms. The van der Waals surface area contributed by atoms with Crippen molar-refractivity contribution in [3.05, 3.63) is 103 Å². The normalized spacial score (nSPS) is 18.6. The number of hydrazine groups is 1. The van der Waals surface area contributed by atoms with Gasteiger partial charge in [0.2, 0.25) is 11.8 Å². The molecule has 0 aliphatic carbocycles. The molecule has 12 heteroatoms. The Labute approximate surface area is 255 Å². The first-order valence-corrected chi connectivity index (χ1v) is 14.0. The largest absolute Gasteiger partial charge is 0.508 e. The van der Waals surface area contributed by atoms with Gasteiger partial charge in [0.1, 0.15) is 18.0 Å². The van der Waals surface area contributed by atoms with Gasteiger partial charge in [-0.25, -0.2) is 14.8 Å². The number of aromatic hydroxyl groups is 1. The van der Waals surface area contributed by atoms with Crippen LogP contribution in [0.15, 0.2) is 85.7 Å². The predicted octanol–water partition coefficient (Wildman–Crippen LogP) is 3.04. The lowest BCUT2D eigenvalue weighted by atomic mass is 9.98. The van der Waals surface area contributed by atoms with E-state index in [0.717, 1.165) is 22.0 Å². The molecule has 2 aliphatic heterocycles. The number of hydrogen-bond donors (Lipinski definition) is 3. The lowest BCUT2D eigenvalue weighted by Crippen LogP contribution is -2.76. The monoisotopic (exact) mass is 596 g/mol. The van der Waals surface area contributed by atoms with Gasteiger partial charge in [-0.2, -0.15) is 5.10 Å². The van der Waals surface area contributed by atoms with Crippen molar-refractivity contribution in [2.24, 2.45) is 0 Å². The maximum absolute atomic E-state index is 14.2. The summed E-state index contributed by atoms with van der Waals surface area (Å²) in [4.78, 5) is 49.3. The molecule has 12 nitrogen and oxygen atoms in total. The molecule has 2 aliphatic rings. The van der Waals surface area contributed by atoms with Gasteiger partial charge in [0.05, 0.1) is 37.0 Å². The number of carbonyl (C=O) groups excluding carboxylic acids is 3. The van der Waals surface area contributed by atoms with Crippen LogP contribution in [0.2, 0.25) is 0 Å². The van der Waals surface area contributed by atoms with Crippen LogP contribution in [-0.4, -0.2) is 89.8 Å². The van der Waals surface area contributed by atoms with Gasteiger partial charge in [-0.15, -0.1) is 6.58 Å². The zero-order valence-corrected chi connectivity index (χ0v) is 23.5. The molecule has 6 rings (SSSR count). The number of carbonyl (C=O) groups is 3. The summed E-state index contributed by atoms with van der Waals surface area (Å²) in [5.74, 6) is -0.371. The Bertz CT molecular complexity index is 1640. The van der Waals surface area contributed by atoms with E-state index in [1.807, 2.05) is 30.3 Å². The number of para-hydroxylation sites is 1. The van der Waals surface area contributed by atoms with Gasteiger partial charge in [-0.1, -0.05) is 49.9 Å². The van der Waals surface area contributed by atoms with Gasteiger partial charge in [0.25, 0.3) is 0 Å². The first-order chi connectivity index (χ1) is 20.9. The number of nitrogens with one attached hydrogen (secondary N) is 2. The van der Waals surface area contributed by atoms with Crippen LogP contribution in [0.3, 0.4) is 0 Å². The summed E-state index contributed by atoms with van der Waals surface area (Å²) in [5, 5.41) is 24.0. The van der Waals surface area contributed by atoms with E-state index in [-0.39, 0.29) is 64.1 Å². The van der Waals surface area contributed by atoms with Gasteiger partial charge >= 0.3 is 6.03 Å². The third kappa shape index (κ3) is 5.97. The van der Waals surface area contributed by atoms with Crippen LogP contribution in [0.5, 0.6) is 5.75 Å². The molecule has 4 amide bonds. The number of H-pyrrole nitrogens is 1. The minimum absolute atomic E-state index is 0. The molecule has 2 aromatic carbocycles. The molecule has 228 valence electrons. The van der Waals surface area contributed by atoms with E-state index in [9.17, 15) is 19.5 Å². The Morgan fingerprint density at radius 3 is 2.68 bits per heavy atom. The number of amides is 4. The van der Waals surface area contributed by atoms with Crippen molar-refractivity contribution >= 4 is 28.7 Å². The summed E-state index contributed by atoms with van der Waals surface area (Å²) in [7, 11) is 0. The van der Waals surface area contributed by atoms with Crippen LogP contribution < -0.4 is 5.32 Å². The molecular formula is C32H36N8O4. The van der Waals surface area contributed by atoms with E-state index in [0.29, 0.717) is 5.69 Å². The van der Waals surface area contributed by atoms with Crippen LogP contribution in [0.1, 0.15) is 24.2 Å². The summed E-state index contributed by atoms with van der Waals surface area (Å²) >= 11 is 0. The van der Waals surface area contributed by atoms with E-state index in [4.69, 9.17) is 0 Å². The minimum atomic E-state index is -0.867. The van der Waals surface area contributed by atoms with E-state index in [1.165, 1.54) is 5.01 Å². The SMILES string of the molecule is C.C=CCN1CC(=O)N2[C@@H](Cc3ccc(O)cc3)C(=O)N(Cc3cccc4cn[nH]c34)C[C@@H]2N1C(=O)NCc1ccccn1. The number of aromatic nitrogens is 3. The number of piperazine rings is 1. The van der Waals surface area contributed by atoms with E-state index in [1.54, 1.807) is 63.6 Å². The average Bonchev–Trinajstić information content (AvgIpc) is 3.50. The molecule has 2 saturated heterocycles. The Hall–Kier alpha value is -5.23. The second-order valence-electron chi connectivity index (χ2n) is 10.6. The number of phenolic OH excluding ortho intramolecular Hbond substituents is 1. The molecular weight excluding hydrogens is 560 g/mol. The number of hydrogen-bond acceptors (Lipinski definition) is 7. The highest BCUT2D eigenvalue weighted by Crippen LogP contribution is 2.30. The van der Waals surface area contributed by atoms with Gasteiger partial charge in [0, 0.05) is 31.1 Å². The maximum Gasteiger partial charge on any atom is 0.334 e. The second kappa shape index (κ2) is 13.0. The molecule has 4 heterocycles. The Kier molecular flexibility index (Phi) is 8.91. The van der Waals surface area contributed by atoms with Crippen LogP contribution >= 0.6 is 0 Å². The number of pyridine rings is 1. The van der Waals surface area contributed by atoms with E-state index in [2.05, 4.69) is 27.1 Å². The van der Waals surface area contributed by atoms with Crippen LogP contribution in [0.25, 0.3) is 10.9 Å². The molecule has 0 radical (unpaired) electrons. The van der Waals surface area contributed by atoms with E-state index < -0.39 is 18.2 Å². The fraction of sp³-hybridized carbons (Fsp3) is 0.281. The van der Waals surface area contributed by atoms with Crippen LogP contribution in [-0.2, 0) is 29.1 Å². The number of fused-ring (bicyclic) bond motifs is 2. The topological polar surface area (TPSA) is 138 Å². The lowest BCUT2D eigenvalue weighted by Gasteiger charge is -2.55. The van der Waals surface area contributed by atoms with Crippen LogP contribution in [0, 0.1) is 0 Å². The molecule has 2 atom stereocenters. The average molecular weight is 597 g/mol. The van der Waals surface area contributed by atoms with Gasteiger partial charge < -0.3 is 20.2 Å². The molecule has 0 bridgehead atoms. The zero-order valence-electron chi connectivity index (χ0n) is 23.5. The highest BCUT2D eigenvalue weighted by molar-refractivity contribution is 5.92. The summed E-state index contributed by atoms with van der Waals surface area (Å²) in [6.45, 7) is 4.55. The van der Waals surface area contributed by atoms with Gasteiger partial charge in [-0.05, 0) is 35.4 Å². The number of nitrogens with zero attached hydrogens (tertiary/aromatic N) is 6. The smallest absolute Gasteiger partial charge is 0.334 e. The van der Waals surface area contributed by atoms with Crippen molar-refractivity contribution in [3.8, 4) is 5.75 Å². The predicted molar refractivity (Wildman–Crippen MR) is 165 cm³/mol. The first kappa shape index (κ1) is 30.2. The van der Waals surface area contributed by atoms with Crippen molar-refractivity contribution in [1.29, 1.82) is 0 Å². The summed E-state index contributed by atoms with van der Waals surface area (Å²) in [6, 6.07) is 16.5. The van der Waals surface area contributed by atoms with Crippen molar-refractivity contribution in [1.82, 2.24) is 40.3 Å². The first-order valence-electron chi connectivity index (χ1n) is 14.0. The molecule has 3 N–H and O–H groups in total. The minimum Gasteiger partial charge on any atom is -0.508 e. The number of phenols is 1. The quantitative estimate of drug-likeness (QED) is 0.266. The summed E-state index contributed by atoms with van der Waals surface area (Å²) in [5.41, 5.74) is 3.16. The second-order valence-corrected chi connectivity index (χ2v) is 10.6. The van der Waals surface area contributed by atoms with Gasteiger partial charge in [-0.3, -0.25) is 19.7 Å². The Morgan fingerprint density at radius 2 is 1.93 bits per heavy atom. The van der Waals surface area contributed by atoms with Crippen molar-refractivity contribution in [3.63, 3.8) is 0 Å². The van der Waals surface area contributed by atoms with Crippen molar-refractivity contribution in [2.45, 2.75) is 39.1 Å². The summed E-state index contributed by atoms with van der Waals surface area (Å²) in [6.07, 6.45) is 4.47. The van der Waals surface area contributed by atoms with Crippen molar-refractivity contribution in [2.75, 3.05) is 19.6 Å². The molecule has 4 aromatic rings. The van der Waals surface area contributed by atoms with E-state index >= 15 is 0 Å². The third-order valence-corrected chi connectivity index (χ3v) is 7.81. The Balaban J connectivity index is 0.00000384. The molecule has 0 saturated carbocycles. The fourth-order valence-electron chi connectivity index (χ4n) is 5.82. The molecule has 2 aromatic heterocycles. The van der Waals surface area contributed by atoms with Gasteiger partial charge in [0.15, 0.2) is 0 Å². The highest BCUT2D eigenvalue weighted by Gasteiger charge is 2.51. The van der Waals surface area contributed by atoms with Crippen molar-refractivity contribution < 1.29 is 19.5 Å². The Morgan fingerprint density at radius 1 is 1.11 bits per heavy atom. The third-order valence-electron chi connectivity index (χ3n) is 7.81. The molecule has 2 fully saturated rings. The maximum atomic E-state index is 14.2. The lowest BCUT2D eigenvalue weighted by molar-refractivity contribution is -0.189. The highest BCUT2D eigenvalue weighted by atomic mass is 16.3. The number of benzene rings is 2. The molecule has 0 spiro atoms. The molecule has 0 unspecified atom stereocenters.